The lowest BCUT2D eigenvalue weighted by molar-refractivity contribution is 0.381. The number of nitrogens with zero attached hydrogens (tertiary/aromatic N) is 2. The zero-order chi connectivity index (χ0) is 16.2. The first-order chi connectivity index (χ1) is 9.79. The molecule has 0 N–H and O–H groups in total. The summed E-state index contributed by atoms with van der Waals surface area (Å²) in [6.07, 6.45) is 0. The maximum atomic E-state index is 14.0. The van der Waals surface area contributed by atoms with Gasteiger partial charge < -0.3 is 4.74 Å². The minimum Gasteiger partial charge on any atom is -0.494 e. The maximum Gasteiger partial charge on any atom is 0.243 e. The standard InChI is InChI=1S/C14H19FN2O3S/c1-5-17(9-10(2)8-16)21(18,19)13-7-6-12(20-4)14(15)11(13)3/h6-7,10H,5,9H2,1-4H3/t10-/m0/s1. The van der Waals surface area contributed by atoms with E-state index in [-0.39, 0.29) is 29.3 Å². The Bertz CT molecular complexity index is 653. The van der Waals surface area contributed by atoms with Crippen LogP contribution in [0, 0.1) is 30.0 Å². The second kappa shape index (κ2) is 6.87. The molecule has 0 radical (unpaired) electrons. The van der Waals surface area contributed by atoms with Crippen molar-refractivity contribution in [3.8, 4) is 11.8 Å². The van der Waals surface area contributed by atoms with E-state index in [1.807, 2.05) is 6.07 Å². The van der Waals surface area contributed by atoms with E-state index in [2.05, 4.69) is 0 Å². The maximum absolute atomic E-state index is 14.0. The lowest BCUT2D eigenvalue weighted by atomic mass is 10.2. The number of methoxy groups -OCH3 is 1. The molecular formula is C14H19FN2O3S. The van der Waals surface area contributed by atoms with Gasteiger partial charge in [-0.25, -0.2) is 12.8 Å². The minimum absolute atomic E-state index is 0.000101. The van der Waals surface area contributed by atoms with Crippen LogP contribution in [-0.2, 0) is 10.0 Å². The van der Waals surface area contributed by atoms with E-state index in [9.17, 15) is 12.8 Å². The molecule has 0 amide bonds. The van der Waals surface area contributed by atoms with E-state index >= 15 is 0 Å². The highest BCUT2D eigenvalue weighted by Gasteiger charge is 2.28. The summed E-state index contributed by atoms with van der Waals surface area (Å²) in [6, 6.07) is 4.61. The summed E-state index contributed by atoms with van der Waals surface area (Å²) in [5.41, 5.74) is 0.0115. The van der Waals surface area contributed by atoms with Crippen LogP contribution in [0.25, 0.3) is 0 Å². The fourth-order valence-corrected chi connectivity index (χ4v) is 3.72. The normalized spacial score (nSPS) is 13.0. The Morgan fingerprint density at radius 3 is 2.57 bits per heavy atom. The molecule has 1 rings (SSSR count). The Labute approximate surface area is 125 Å². The first kappa shape index (κ1) is 17.4. The van der Waals surface area contributed by atoms with Crippen LogP contribution in [0.1, 0.15) is 19.4 Å². The van der Waals surface area contributed by atoms with Gasteiger partial charge in [0.1, 0.15) is 0 Å². The van der Waals surface area contributed by atoms with Gasteiger partial charge in [-0.3, -0.25) is 0 Å². The summed E-state index contributed by atoms with van der Waals surface area (Å²) < 4.78 is 45.2. The Morgan fingerprint density at radius 2 is 2.10 bits per heavy atom. The Morgan fingerprint density at radius 1 is 1.48 bits per heavy atom. The van der Waals surface area contributed by atoms with Gasteiger partial charge in [0, 0.05) is 18.7 Å². The van der Waals surface area contributed by atoms with Gasteiger partial charge in [-0.15, -0.1) is 0 Å². The van der Waals surface area contributed by atoms with Crippen LogP contribution in [0.2, 0.25) is 0 Å². The molecule has 0 aromatic heterocycles. The SMILES string of the molecule is CCN(C[C@@H](C)C#N)S(=O)(=O)c1ccc(OC)c(F)c1C. The van der Waals surface area contributed by atoms with Crippen LogP contribution in [0.4, 0.5) is 4.39 Å². The third-order valence-corrected chi connectivity index (χ3v) is 5.27. The molecule has 1 aromatic rings. The molecule has 5 nitrogen and oxygen atoms in total. The summed E-state index contributed by atoms with van der Waals surface area (Å²) in [6.45, 7) is 4.99. The van der Waals surface area contributed by atoms with Crippen molar-refractivity contribution >= 4 is 10.0 Å². The monoisotopic (exact) mass is 314 g/mol. The number of sulfonamides is 1. The third-order valence-electron chi connectivity index (χ3n) is 3.19. The summed E-state index contributed by atoms with van der Waals surface area (Å²) in [5.74, 6) is -1.13. The summed E-state index contributed by atoms with van der Waals surface area (Å²) in [4.78, 5) is -0.104. The number of ether oxygens (including phenoxy) is 1. The van der Waals surface area contributed by atoms with Gasteiger partial charge in [0.25, 0.3) is 0 Å². The molecule has 0 aliphatic carbocycles. The first-order valence-corrected chi connectivity index (χ1v) is 7.96. The molecule has 7 heteroatoms. The average molecular weight is 314 g/mol. The molecule has 1 atom stereocenters. The van der Waals surface area contributed by atoms with E-state index in [1.54, 1.807) is 13.8 Å². The fourth-order valence-electron chi connectivity index (χ4n) is 1.96. The minimum atomic E-state index is -3.85. The molecule has 0 bridgehead atoms. The molecule has 21 heavy (non-hydrogen) atoms. The van der Waals surface area contributed by atoms with Crippen molar-refractivity contribution in [3.63, 3.8) is 0 Å². The lowest BCUT2D eigenvalue weighted by Crippen LogP contribution is -2.34. The van der Waals surface area contributed by atoms with Crippen LogP contribution in [0.5, 0.6) is 5.75 Å². The van der Waals surface area contributed by atoms with Gasteiger partial charge in [-0.05, 0) is 26.0 Å². The number of nitriles is 1. The molecule has 0 saturated heterocycles. The molecule has 0 heterocycles. The summed E-state index contributed by atoms with van der Waals surface area (Å²) in [5, 5.41) is 8.83. The Kier molecular flexibility index (Phi) is 5.70. The Balaban J connectivity index is 3.30. The number of hydrogen-bond acceptors (Lipinski definition) is 4. The van der Waals surface area contributed by atoms with Gasteiger partial charge in [0.15, 0.2) is 11.6 Å². The largest absolute Gasteiger partial charge is 0.494 e. The fraction of sp³-hybridized carbons (Fsp3) is 0.500. The zero-order valence-corrected chi connectivity index (χ0v) is 13.4. The molecular weight excluding hydrogens is 295 g/mol. The molecule has 0 unspecified atom stereocenters. The predicted octanol–water partition coefficient (Wildman–Crippen LogP) is 2.31. The summed E-state index contributed by atoms with van der Waals surface area (Å²) in [7, 11) is -2.53. The lowest BCUT2D eigenvalue weighted by Gasteiger charge is -2.22. The second-order valence-corrected chi connectivity index (χ2v) is 6.60. The molecule has 0 spiro atoms. The van der Waals surface area contributed by atoms with Gasteiger partial charge >= 0.3 is 0 Å². The molecule has 0 aliphatic heterocycles. The number of rotatable bonds is 6. The first-order valence-electron chi connectivity index (χ1n) is 6.52. The topological polar surface area (TPSA) is 70.4 Å². The van der Waals surface area contributed by atoms with Crippen molar-refractivity contribution < 1.29 is 17.5 Å². The van der Waals surface area contributed by atoms with Crippen molar-refractivity contribution in [1.29, 1.82) is 5.26 Å². The summed E-state index contributed by atoms with van der Waals surface area (Å²) >= 11 is 0. The van der Waals surface area contributed by atoms with Gasteiger partial charge in [-0.1, -0.05) is 6.92 Å². The van der Waals surface area contributed by atoms with E-state index < -0.39 is 21.8 Å². The van der Waals surface area contributed by atoms with Crippen molar-refractivity contribution in [2.75, 3.05) is 20.2 Å². The van der Waals surface area contributed by atoms with Crippen molar-refractivity contribution in [2.24, 2.45) is 5.92 Å². The second-order valence-electron chi connectivity index (χ2n) is 4.69. The van der Waals surface area contributed by atoms with Gasteiger partial charge in [0.2, 0.25) is 10.0 Å². The number of halogens is 1. The smallest absolute Gasteiger partial charge is 0.243 e. The molecule has 0 saturated carbocycles. The molecule has 1 aromatic carbocycles. The van der Waals surface area contributed by atoms with Crippen LogP contribution in [0.15, 0.2) is 17.0 Å². The highest BCUT2D eigenvalue weighted by molar-refractivity contribution is 7.89. The van der Waals surface area contributed by atoms with E-state index in [0.29, 0.717) is 0 Å². The van der Waals surface area contributed by atoms with E-state index in [4.69, 9.17) is 10.00 Å². The zero-order valence-electron chi connectivity index (χ0n) is 12.6. The highest BCUT2D eigenvalue weighted by Crippen LogP contribution is 2.28. The van der Waals surface area contributed by atoms with Crippen molar-refractivity contribution in [1.82, 2.24) is 4.31 Å². The number of hydrogen-bond donors (Lipinski definition) is 0. The van der Waals surface area contributed by atoms with Crippen molar-refractivity contribution in [2.45, 2.75) is 25.7 Å². The average Bonchev–Trinajstić information content (AvgIpc) is 2.46. The number of benzene rings is 1. The van der Waals surface area contributed by atoms with Crippen LogP contribution >= 0.6 is 0 Å². The van der Waals surface area contributed by atoms with Gasteiger partial charge in [0.05, 0.1) is 24.0 Å². The molecule has 0 fully saturated rings. The Hall–Kier alpha value is -1.65. The molecule has 116 valence electrons. The van der Waals surface area contributed by atoms with Crippen LogP contribution in [-0.4, -0.2) is 32.9 Å². The van der Waals surface area contributed by atoms with E-state index in [1.165, 1.54) is 30.5 Å². The third kappa shape index (κ3) is 3.52. The van der Waals surface area contributed by atoms with Gasteiger partial charge in [-0.2, -0.15) is 9.57 Å². The van der Waals surface area contributed by atoms with Crippen molar-refractivity contribution in [3.05, 3.63) is 23.5 Å². The van der Waals surface area contributed by atoms with E-state index in [0.717, 1.165) is 0 Å². The predicted molar refractivity (Wildman–Crippen MR) is 76.9 cm³/mol. The van der Waals surface area contributed by atoms with Crippen LogP contribution in [0.3, 0.4) is 0 Å². The van der Waals surface area contributed by atoms with Crippen LogP contribution < -0.4 is 4.74 Å². The highest BCUT2D eigenvalue weighted by atomic mass is 32.2. The molecule has 0 aliphatic rings. The quantitative estimate of drug-likeness (QED) is 0.808.